The summed E-state index contributed by atoms with van der Waals surface area (Å²) in [7, 11) is 0. The van der Waals surface area contributed by atoms with Gasteiger partial charge >= 0.3 is 0 Å². The molecule has 2 N–H and O–H groups in total. The predicted molar refractivity (Wildman–Crippen MR) is 112 cm³/mol. The van der Waals surface area contributed by atoms with Crippen LogP contribution < -0.4 is 5.73 Å². The summed E-state index contributed by atoms with van der Waals surface area (Å²) in [5.74, 6) is 0.242. The Hall–Kier alpha value is -3.18. The van der Waals surface area contributed by atoms with Crippen LogP contribution >= 0.6 is 11.6 Å². The topological polar surface area (TPSA) is 73.3 Å². The minimum absolute atomic E-state index is 0.101. The van der Waals surface area contributed by atoms with Gasteiger partial charge in [0.2, 0.25) is 0 Å². The SMILES string of the molecule is CC1=Nc2ccc(-n3ncc(C(=O)C4=Cc5ccc(Cl)cc5C4)c3N)cc2C1. The van der Waals surface area contributed by atoms with Gasteiger partial charge in [-0.05, 0) is 60.0 Å². The van der Waals surface area contributed by atoms with Crippen molar-refractivity contribution in [1.29, 1.82) is 0 Å². The van der Waals surface area contributed by atoms with E-state index in [0.717, 1.165) is 40.2 Å². The lowest BCUT2D eigenvalue weighted by molar-refractivity contribution is 0.103. The highest BCUT2D eigenvalue weighted by Crippen LogP contribution is 2.32. The number of nitrogens with zero attached hydrogens (tertiary/aromatic N) is 3. The Morgan fingerprint density at radius 2 is 2.00 bits per heavy atom. The molecule has 0 saturated carbocycles. The number of carbonyl (C=O) groups excluding carboxylic acids is 1. The second kappa shape index (κ2) is 6.17. The van der Waals surface area contributed by atoms with E-state index in [2.05, 4.69) is 10.1 Å². The fourth-order valence-electron chi connectivity index (χ4n) is 3.84. The molecule has 0 unspecified atom stereocenters. The maximum atomic E-state index is 13.0. The van der Waals surface area contributed by atoms with E-state index >= 15 is 0 Å². The third-order valence-electron chi connectivity index (χ3n) is 5.22. The molecule has 138 valence electrons. The maximum Gasteiger partial charge on any atom is 0.194 e. The molecule has 28 heavy (non-hydrogen) atoms. The van der Waals surface area contributed by atoms with E-state index in [1.165, 1.54) is 0 Å². The summed E-state index contributed by atoms with van der Waals surface area (Å²) in [6.07, 6.45) is 4.82. The predicted octanol–water partition coefficient (Wildman–Crippen LogP) is 4.58. The smallest absolute Gasteiger partial charge is 0.194 e. The zero-order valence-corrected chi connectivity index (χ0v) is 16.0. The van der Waals surface area contributed by atoms with Crippen molar-refractivity contribution >= 4 is 40.7 Å². The number of nitrogens with two attached hydrogens (primary N) is 1. The van der Waals surface area contributed by atoms with Gasteiger partial charge in [-0.3, -0.25) is 9.79 Å². The van der Waals surface area contributed by atoms with E-state index in [0.29, 0.717) is 28.4 Å². The Balaban J connectivity index is 1.45. The van der Waals surface area contributed by atoms with Crippen LogP contribution in [0.1, 0.15) is 34.0 Å². The quantitative estimate of drug-likeness (QED) is 0.667. The van der Waals surface area contributed by atoms with Gasteiger partial charge in [-0.1, -0.05) is 17.7 Å². The number of benzene rings is 2. The fraction of sp³-hybridized carbons (Fsp3) is 0.136. The van der Waals surface area contributed by atoms with Crippen LogP contribution in [-0.4, -0.2) is 21.3 Å². The minimum Gasteiger partial charge on any atom is -0.383 e. The van der Waals surface area contributed by atoms with Gasteiger partial charge < -0.3 is 5.73 Å². The third kappa shape index (κ3) is 2.67. The number of anilines is 1. The second-order valence-electron chi connectivity index (χ2n) is 7.21. The summed E-state index contributed by atoms with van der Waals surface area (Å²) < 4.78 is 1.61. The first-order valence-electron chi connectivity index (χ1n) is 9.04. The molecule has 1 aliphatic carbocycles. The number of aliphatic imine (C=N–C) groups is 1. The van der Waals surface area contributed by atoms with Crippen LogP contribution in [0.3, 0.4) is 0 Å². The number of fused-ring (bicyclic) bond motifs is 2. The van der Waals surface area contributed by atoms with Crippen molar-refractivity contribution in [3.05, 3.63) is 75.4 Å². The first-order valence-corrected chi connectivity index (χ1v) is 9.42. The van der Waals surface area contributed by atoms with Crippen LogP contribution in [0.2, 0.25) is 5.02 Å². The van der Waals surface area contributed by atoms with Crippen molar-refractivity contribution in [3.8, 4) is 5.69 Å². The standard InChI is InChI=1S/C22H17ClN4O/c1-12-6-15-10-18(4-5-20(15)26-12)27-22(24)19(11-25-27)21(28)16-7-13-2-3-17(23)9-14(13)8-16/h2-5,7,9-11H,6,8,24H2,1H3. The lowest BCUT2D eigenvalue weighted by Gasteiger charge is -2.07. The first kappa shape index (κ1) is 17.0. The van der Waals surface area contributed by atoms with Gasteiger partial charge in [0.1, 0.15) is 5.82 Å². The monoisotopic (exact) mass is 388 g/mol. The summed E-state index contributed by atoms with van der Waals surface area (Å²) in [6.45, 7) is 2.01. The highest BCUT2D eigenvalue weighted by Gasteiger charge is 2.24. The maximum absolute atomic E-state index is 13.0. The van der Waals surface area contributed by atoms with Crippen molar-refractivity contribution in [2.24, 2.45) is 4.99 Å². The molecule has 0 atom stereocenters. The van der Waals surface area contributed by atoms with Crippen LogP contribution in [0.5, 0.6) is 0 Å². The van der Waals surface area contributed by atoms with E-state index in [4.69, 9.17) is 17.3 Å². The van der Waals surface area contributed by atoms with E-state index in [1.54, 1.807) is 10.9 Å². The number of carbonyl (C=O) groups is 1. The summed E-state index contributed by atoms with van der Waals surface area (Å²) >= 11 is 6.06. The van der Waals surface area contributed by atoms with Crippen molar-refractivity contribution in [2.45, 2.75) is 19.8 Å². The average Bonchev–Trinajstić information content (AvgIpc) is 3.35. The Bertz CT molecular complexity index is 1220. The number of hydrogen-bond donors (Lipinski definition) is 1. The van der Waals surface area contributed by atoms with Crippen LogP contribution in [0.4, 0.5) is 11.5 Å². The molecule has 2 heterocycles. The van der Waals surface area contributed by atoms with Crippen LogP contribution in [0, 0.1) is 0 Å². The Morgan fingerprint density at radius 1 is 1.14 bits per heavy atom. The van der Waals surface area contributed by atoms with E-state index in [1.807, 2.05) is 49.4 Å². The van der Waals surface area contributed by atoms with Gasteiger partial charge in [0.05, 0.1) is 23.1 Å². The molecule has 2 aliphatic rings. The highest BCUT2D eigenvalue weighted by atomic mass is 35.5. The molecule has 0 spiro atoms. The van der Waals surface area contributed by atoms with E-state index in [9.17, 15) is 4.79 Å². The number of ketones is 1. The van der Waals surface area contributed by atoms with Gasteiger partial charge in [-0.2, -0.15) is 5.10 Å². The summed E-state index contributed by atoms with van der Waals surface area (Å²) in [6, 6.07) is 11.6. The number of hydrogen-bond acceptors (Lipinski definition) is 4. The number of halogens is 1. The van der Waals surface area contributed by atoms with Gasteiger partial charge in [0.15, 0.2) is 5.78 Å². The van der Waals surface area contributed by atoms with Gasteiger partial charge in [0, 0.05) is 29.1 Å². The molecular weight excluding hydrogens is 372 g/mol. The van der Waals surface area contributed by atoms with E-state index in [-0.39, 0.29) is 5.78 Å². The van der Waals surface area contributed by atoms with Gasteiger partial charge in [0.25, 0.3) is 0 Å². The van der Waals surface area contributed by atoms with E-state index < -0.39 is 0 Å². The molecule has 3 aromatic rings. The summed E-state index contributed by atoms with van der Waals surface area (Å²) in [4.78, 5) is 17.5. The molecule has 0 fully saturated rings. The lowest BCUT2D eigenvalue weighted by atomic mass is 10.0. The molecule has 0 amide bonds. The molecule has 5 nitrogen and oxygen atoms in total. The molecule has 2 aromatic carbocycles. The number of Topliss-reactive ketones (excluding diaryl/α,β-unsaturated/α-hetero) is 1. The third-order valence-corrected chi connectivity index (χ3v) is 5.46. The molecule has 1 aliphatic heterocycles. The van der Waals surface area contributed by atoms with Crippen LogP contribution in [0.25, 0.3) is 11.8 Å². The summed E-state index contributed by atoms with van der Waals surface area (Å²) in [5.41, 5.74) is 13.5. The molecule has 6 heteroatoms. The largest absolute Gasteiger partial charge is 0.383 e. The normalized spacial score (nSPS) is 14.5. The Morgan fingerprint density at radius 3 is 2.86 bits per heavy atom. The second-order valence-corrected chi connectivity index (χ2v) is 7.65. The number of allylic oxidation sites excluding steroid dienone is 1. The highest BCUT2D eigenvalue weighted by molar-refractivity contribution is 6.30. The van der Waals surface area contributed by atoms with Crippen molar-refractivity contribution in [1.82, 2.24) is 9.78 Å². The van der Waals surface area contributed by atoms with Crippen LogP contribution in [-0.2, 0) is 12.8 Å². The van der Waals surface area contributed by atoms with Crippen molar-refractivity contribution in [3.63, 3.8) is 0 Å². The molecular formula is C22H17ClN4O. The Kier molecular flexibility index (Phi) is 3.74. The number of nitrogen functional groups attached to an aromatic ring is 1. The first-order chi connectivity index (χ1) is 13.5. The zero-order chi connectivity index (χ0) is 19.4. The number of rotatable bonds is 3. The van der Waals surface area contributed by atoms with Crippen molar-refractivity contribution in [2.75, 3.05) is 5.73 Å². The fourth-order valence-corrected chi connectivity index (χ4v) is 4.04. The molecule has 0 radical (unpaired) electrons. The van der Waals surface area contributed by atoms with Gasteiger partial charge in [-0.25, -0.2) is 4.68 Å². The molecule has 0 saturated heterocycles. The van der Waals surface area contributed by atoms with Crippen LogP contribution in [0.15, 0.2) is 53.2 Å². The molecule has 0 bridgehead atoms. The van der Waals surface area contributed by atoms with Gasteiger partial charge in [-0.15, -0.1) is 0 Å². The molecule has 5 rings (SSSR count). The minimum atomic E-state index is -0.101. The lowest BCUT2D eigenvalue weighted by Crippen LogP contribution is -2.08. The van der Waals surface area contributed by atoms with Crippen molar-refractivity contribution < 1.29 is 4.79 Å². The zero-order valence-electron chi connectivity index (χ0n) is 15.2. The summed E-state index contributed by atoms with van der Waals surface area (Å²) in [5, 5.41) is 5.04. The average molecular weight is 389 g/mol. The molecule has 1 aromatic heterocycles. The number of aromatic nitrogens is 2. The Labute approximate surface area is 167 Å².